The van der Waals surface area contributed by atoms with E-state index in [9.17, 15) is 0 Å². The minimum Gasteiger partial charge on any atom is -0.402 e. The van der Waals surface area contributed by atoms with Crippen LogP contribution in [0.1, 0.15) is 12.8 Å². The second-order valence-electron chi connectivity index (χ2n) is 2.51. The van der Waals surface area contributed by atoms with Crippen molar-refractivity contribution in [1.82, 2.24) is 0 Å². The predicted octanol–water partition coefficient (Wildman–Crippen LogP) is 0.0473. The highest BCUT2D eigenvalue weighted by Gasteiger charge is 2.43. The van der Waals surface area contributed by atoms with Crippen LogP contribution in [0.25, 0.3) is 0 Å². The zero-order valence-corrected chi connectivity index (χ0v) is 9.67. The van der Waals surface area contributed by atoms with Gasteiger partial charge in [0.2, 0.25) is 0 Å². The maximum absolute atomic E-state index is 4.98. The molecule has 0 bridgehead atoms. The van der Waals surface area contributed by atoms with E-state index >= 15 is 0 Å². The number of ether oxygens (including phenoxy) is 2. The molecule has 0 radical (unpaired) electrons. The van der Waals surface area contributed by atoms with Gasteiger partial charge in [-0.05, 0) is 0 Å². The van der Waals surface area contributed by atoms with Crippen LogP contribution in [-0.4, -0.2) is 44.2 Å². The van der Waals surface area contributed by atoms with E-state index in [1.54, 1.807) is 28.4 Å². The molecule has 0 atom stereocenters. The van der Waals surface area contributed by atoms with E-state index < -0.39 is 10.0 Å². The summed E-state index contributed by atoms with van der Waals surface area (Å²) < 4.78 is 19.2. The Morgan fingerprint density at radius 1 is 0.917 bits per heavy atom. The van der Waals surface area contributed by atoms with Crippen molar-refractivity contribution >= 4 is 10.0 Å². The molecule has 0 aromatic rings. The third-order valence-corrected chi connectivity index (χ3v) is 2.11. The zero-order valence-electron chi connectivity index (χ0n) is 8.25. The minimum atomic E-state index is -0.568. The van der Waals surface area contributed by atoms with Crippen LogP contribution in [0.15, 0.2) is 0 Å². The van der Waals surface area contributed by atoms with Crippen LogP contribution >= 0.6 is 0 Å². The molecule has 0 unspecified atom stereocenters. The molecule has 1 saturated carbocycles. The minimum absolute atomic E-state index is 0.167. The van der Waals surface area contributed by atoms with Crippen molar-refractivity contribution in [2.24, 2.45) is 0 Å². The number of hydrogen-bond acceptors (Lipinski definition) is 4. The van der Waals surface area contributed by atoms with Gasteiger partial charge in [0.15, 0.2) is 5.79 Å². The molecule has 1 aliphatic carbocycles. The van der Waals surface area contributed by atoms with Crippen LogP contribution in [-0.2, 0) is 18.3 Å². The first-order valence-electron chi connectivity index (χ1n) is 3.83. The second kappa shape index (κ2) is 6.56. The van der Waals surface area contributed by atoms with E-state index in [2.05, 4.69) is 8.85 Å². The highest BCUT2D eigenvalue weighted by molar-refractivity contribution is 6.17. The average Bonchev–Trinajstić information content (AvgIpc) is 2.87. The molecule has 74 valence electrons. The number of rotatable bonds is 4. The average molecular weight is 194 g/mol. The maximum atomic E-state index is 4.98. The molecule has 0 saturated heterocycles. The highest BCUT2D eigenvalue weighted by atomic mass is 28.3. The molecular weight excluding hydrogens is 176 g/mol. The molecule has 1 rings (SSSR count). The van der Waals surface area contributed by atoms with Gasteiger partial charge in [0.1, 0.15) is 0 Å². The van der Waals surface area contributed by atoms with Gasteiger partial charge in [0.25, 0.3) is 0 Å². The van der Waals surface area contributed by atoms with Gasteiger partial charge in [0, 0.05) is 41.3 Å². The van der Waals surface area contributed by atoms with Crippen LogP contribution < -0.4 is 0 Å². The predicted molar refractivity (Wildman–Crippen MR) is 48.5 cm³/mol. The van der Waals surface area contributed by atoms with Gasteiger partial charge >= 0.3 is 10.0 Å². The summed E-state index contributed by atoms with van der Waals surface area (Å²) in [5.74, 6) is -0.167. The van der Waals surface area contributed by atoms with Crippen molar-refractivity contribution in [2.75, 3.05) is 28.4 Å². The lowest BCUT2D eigenvalue weighted by Crippen LogP contribution is -2.12. The molecule has 0 spiro atoms. The van der Waals surface area contributed by atoms with Gasteiger partial charge in [-0.2, -0.15) is 0 Å². The summed E-state index contributed by atoms with van der Waals surface area (Å²) in [6.45, 7) is 0. The first kappa shape index (κ1) is 12.1. The maximum Gasteiger partial charge on any atom is 0.303 e. The molecule has 1 fully saturated rings. The Balaban J connectivity index is 0.000000217. The Kier molecular flexibility index (Phi) is 6.59. The molecule has 12 heavy (non-hydrogen) atoms. The third-order valence-electron chi connectivity index (χ3n) is 1.64. The van der Waals surface area contributed by atoms with Crippen molar-refractivity contribution in [1.29, 1.82) is 0 Å². The molecule has 0 amide bonds. The van der Waals surface area contributed by atoms with Crippen LogP contribution in [0.3, 0.4) is 0 Å². The molecular formula is C7H18O4Si. The summed E-state index contributed by atoms with van der Waals surface area (Å²) >= 11 is 0. The van der Waals surface area contributed by atoms with E-state index in [0.717, 1.165) is 12.8 Å². The summed E-state index contributed by atoms with van der Waals surface area (Å²) in [7, 11) is 6.08. The SMILES string of the molecule is COC1(OC)CC1.CO[SiH2]OC. The summed E-state index contributed by atoms with van der Waals surface area (Å²) in [4.78, 5) is 0. The van der Waals surface area contributed by atoms with Gasteiger partial charge in [-0.3, -0.25) is 0 Å². The topological polar surface area (TPSA) is 36.9 Å². The van der Waals surface area contributed by atoms with Gasteiger partial charge in [0.05, 0.1) is 0 Å². The zero-order chi connectivity index (χ0) is 9.45. The molecule has 0 aliphatic heterocycles. The van der Waals surface area contributed by atoms with Crippen molar-refractivity contribution < 1.29 is 18.3 Å². The lowest BCUT2D eigenvalue weighted by Gasteiger charge is -2.08. The molecule has 0 aromatic carbocycles. The van der Waals surface area contributed by atoms with Gasteiger partial charge < -0.3 is 18.3 Å². The van der Waals surface area contributed by atoms with Gasteiger partial charge in [-0.25, -0.2) is 0 Å². The summed E-state index contributed by atoms with van der Waals surface area (Å²) in [5.41, 5.74) is 0. The van der Waals surface area contributed by atoms with Crippen molar-refractivity contribution in [3.8, 4) is 0 Å². The third kappa shape index (κ3) is 4.84. The largest absolute Gasteiger partial charge is 0.402 e. The molecule has 0 heterocycles. The number of methoxy groups -OCH3 is 2. The Bertz CT molecular complexity index is 97.6. The van der Waals surface area contributed by atoms with Crippen molar-refractivity contribution in [2.45, 2.75) is 18.6 Å². The van der Waals surface area contributed by atoms with E-state index in [-0.39, 0.29) is 5.79 Å². The van der Waals surface area contributed by atoms with Crippen LogP contribution in [0, 0.1) is 0 Å². The van der Waals surface area contributed by atoms with E-state index in [1.807, 2.05) is 0 Å². The summed E-state index contributed by atoms with van der Waals surface area (Å²) in [6.07, 6.45) is 2.11. The standard InChI is InChI=1S/C5H10O2.C2H8O2Si/c1-6-5(7-2)3-4-5;1-3-5-4-2/h3-4H2,1-2H3;5H2,1-2H3. The normalized spacial score (nSPS) is 18.0. The molecule has 1 aliphatic rings. The smallest absolute Gasteiger partial charge is 0.303 e. The van der Waals surface area contributed by atoms with Gasteiger partial charge in [-0.15, -0.1) is 0 Å². The summed E-state index contributed by atoms with van der Waals surface area (Å²) in [6, 6.07) is 0. The van der Waals surface area contributed by atoms with Gasteiger partial charge in [-0.1, -0.05) is 0 Å². The fraction of sp³-hybridized carbons (Fsp3) is 1.00. The van der Waals surface area contributed by atoms with Crippen LogP contribution in [0.5, 0.6) is 0 Å². The van der Waals surface area contributed by atoms with E-state index in [0.29, 0.717) is 0 Å². The molecule has 4 nitrogen and oxygen atoms in total. The number of hydrogen-bond donors (Lipinski definition) is 0. The second-order valence-corrected chi connectivity index (χ2v) is 3.90. The van der Waals surface area contributed by atoms with Crippen molar-refractivity contribution in [3.63, 3.8) is 0 Å². The summed E-state index contributed by atoms with van der Waals surface area (Å²) in [5, 5.41) is 0. The Morgan fingerprint density at radius 2 is 1.33 bits per heavy atom. The lowest BCUT2D eigenvalue weighted by molar-refractivity contribution is -0.127. The lowest BCUT2D eigenvalue weighted by atomic mass is 10.7. The van der Waals surface area contributed by atoms with Crippen LogP contribution in [0.2, 0.25) is 0 Å². The quantitative estimate of drug-likeness (QED) is 0.468. The van der Waals surface area contributed by atoms with E-state index in [1.165, 1.54) is 0 Å². The Hall–Kier alpha value is 0.0569. The molecule has 0 N–H and O–H groups in total. The first-order chi connectivity index (χ1) is 5.74. The molecule has 5 heteroatoms. The monoisotopic (exact) mass is 194 g/mol. The fourth-order valence-corrected chi connectivity index (χ4v) is 0.947. The van der Waals surface area contributed by atoms with Crippen LogP contribution in [0.4, 0.5) is 0 Å². The van der Waals surface area contributed by atoms with Crippen molar-refractivity contribution in [3.05, 3.63) is 0 Å². The Labute approximate surface area is 76.2 Å². The Morgan fingerprint density at radius 3 is 1.33 bits per heavy atom. The first-order valence-corrected chi connectivity index (χ1v) is 4.98. The fourth-order valence-electron chi connectivity index (χ4n) is 0.711. The molecule has 0 aromatic heterocycles. The highest BCUT2D eigenvalue weighted by Crippen LogP contribution is 2.38. The van der Waals surface area contributed by atoms with E-state index in [4.69, 9.17) is 9.47 Å².